The molecule has 0 aliphatic carbocycles. The Labute approximate surface area is 186 Å². The molecule has 0 aliphatic rings. The Bertz CT molecular complexity index is 1290. The molecule has 3 nitrogen and oxygen atoms in total. The molecular weight excluding hydrogens is 394 g/mol. The lowest BCUT2D eigenvalue weighted by molar-refractivity contribution is 0.102. The van der Waals surface area contributed by atoms with Gasteiger partial charge >= 0.3 is 0 Å². The highest BCUT2D eigenvalue weighted by molar-refractivity contribution is 6.07. The Morgan fingerprint density at radius 1 is 0.656 bits per heavy atom. The maximum atomic E-state index is 12.5. The number of allylic oxidation sites excluding steroid dienone is 1. The van der Waals surface area contributed by atoms with E-state index in [1.165, 1.54) is 0 Å². The van der Waals surface area contributed by atoms with Crippen molar-refractivity contribution in [2.75, 3.05) is 4.90 Å². The van der Waals surface area contributed by atoms with Crippen molar-refractivity contribution in [3.8, 4) is 0 Å². The number of carbonyl (C=O) groups excluding carboxylic acids is 1. The van der Waals surface area contributed by atoms with Gasteiger partial charge < -0.3 is 9.32 Å². The molecule has 0 spiro atoms. The SMILES string of the molecule is O=C(/C=C/c1ccc(N(c2ccccc2)c2ccccc2)cc1)c1cc2ccccc2o1. The van der Waals surface area contributed by atoms with Crippen molar-refractivity contribution in [1.29, 1.82) is 0 Å². The van der Waals surface area contributed by atoms with E-state index in [-0.39, 0.29) is 5.78 Å². The molecule has 0 radical (unpaired) electrons. The third-order valence-electron chi connectivity index (χ3n) is 5.28. The van der Waals surface area contributed by atoms with E-state index < -0.39 is 0 Å². The van der Waals surface area contributed by atoms with Gasteiger partial charge in [0.05, 0.1) is 0 Å². The number of furan rings is 1. The van der Waals surface area contributed by atoms with E-state index in [4.69, 9.17) is 4.42 Å². The van der Waals surface area contributed by atoms with E-state index in [1.54, 1.807) is 12.1 Å². The summed E-state index contributed by atoms with van der Waals surface area (Å²) < 4.78 is 5.66. The largest absolute Gasteiger partial charge is 0.453 e. The van der Waals surface area contributed by atoms with Crippen LogP contribution in [-0.2, 0) is 0 Å². The average molecular weight is 415 g/mol. The van der Waals surface area contributed by atoms with Crippen molar-refractivity contribution < 1.29 is 9.21 Å². The zero-order valence-electron chi connectivity index (χ0n) is 17.4. The van der Waals surface area contributed by atoms with Crippen LogP contribution in [0.5, 0.6) is 0 Å². The summed E-state index contributed by atoms with van der Waals surface area (Å²) in [6.07, 6.45) is 3.37. The molecule has 0 saturated carbocycles. The number of benzene rings is 4. The fourth-order valence-corrected chi connectivity index (χ4v) is 3.69. The minimum atomic E-state index is -0.152. The van der Waals surface area contributed by atoms with E-state index in [1.807, 2.05) is 78.9 Å². The lowest BCUT2D eigenvalue weighted by atomic mass is 10.1. The quantitative estimate of drug-likeness (QED) is 0.209. The molecule has 5 aromatic rings. The second-order valence-electron chi connectivity index (χ2n) is 7.44. The topological polar surface area (TPSA) is 33.5 Å². The molecular formula is C29H21NO2. The lowest BCUT2D eigenvalue weighted by Gasteiger charge is -2.25. The van der Waals surface area contributed by atoms with Crippen LogP contribution in [0.3, 0.4) is 0 Å². The van der Waals surface area contributed by atoms with Gasteiger partial charge in [-0.05, 0) is 60.2 Å². The zero-order valence-corrected chi connectivity index (χ0v) is 17.4. The Balaban J connectivity index is 1.39. The normalized spacial score (nSPS) is 11.1. The summed E-state index contributed by atoms with van der Waals surface area (Å²) in [5, 5.41) is 0.926. The summed E-state index contributed by atoms with van der Waals surface area (Å²) in [5.41, 5.74) is 4.88. The van der Waals surface area contributed by atoms with E-state index in [0.29, 0.717) is 5.76 Å². The highest BCUT2D eigenvalue weighted by Gasteiger charge is 2.12. The molecule has 0 saturated heterocycles. The van der Waals surface area contributed by atoms with Crippen molar-refractivity contribution in [3.05, 3.63) is 133 Å². The van der Waals surface area contributed by atoms with Crippen LogP contribution in [-0.4, -0.2) is 5.78 Å². The summed E-state index contributed by atoms with van der Waals surface area (Å²) >= 11 is 0. The van der Waals surface area contributed by atoms with Gasteiger partial charge in [-0.2, -0.15) is 0 Å². The molecule has 0 aliphatic heterocycles. The predicted molar refractivity (Wildman–Crippen MR) is 131 cm³/mol. The van der Waals surface area contributed by atoms with Crippen LogP contribution in [0.4, 0.5) is 17.1 Å². The fraction of sp³-hybridized carbons (Fsp3) is 0. The molecule has 0 atom stereocenters. The van der Waals surface area contributed by atoms with E-state index in [9.17, 15) is 4.79 Å². The van der Waals surface area contributed by atoms with Gasteiger partial charge in [0.2, 0.25) is 5.78 Å². The van der Waals surface area contributed by atoms with Gasteiger partial charge in [-0.25, -0.2) is 0 Å². The summed E-state index contributed by atoms with van der Waals surface area (Å²) in [7, 11) is 0. The third-order valence-corrected chi connectivity index (χ3v) is 5.28. The monoisotopic (exact) mass is 415 g/mol. The van der Waals surface area contributed by atoms with Crippen LogP contribution in [0.2, 0.25) is 0 Å². The van der Waals surface area contributed by atoms with Crippen molar-refractivity contribution in [2.24, 2.45) is 0 Å². The number of hydrogen-bond donors (Lipinski definition) is 0. The van der Waals surface area contributed by atoms with Crippen LogP contribution in [0.15, 0.2) is 126 Å². The molecule has 1 aromatic heterocycles. The molecule has 0 unspecified atom stereocenters. The number of nitrogens with zero attached hydrogens (tertiary/aromatic N) is 1. The van der Waals surface area contributed by atoms with Gasteiger partial charge in [-0.3, -0.25) is 4.79 Å². The minimum absolute atomic E-state index is 0.152. The summed E-state index contributed by atoms with van der Waals surface area (Å²) in [6.45, 7) is 0. The molecule has 0 N–H and O–H groups in total. The van der Waals surface area contributed by atoms with Crippen LogP contribution in [0.25, 0.3) is 17.0 Å². The summed E-state index contributed by atoms with van der Waals surface area (Å²) in [4.78, 5) is 14.7. The van der Waals surface area contributed by atoms with Crippen molar-refractivity contribution in [2.45, 2.75) is 0 Å². The van der Waals surface area contributed by atoms with Crippen LogP contribution in [0, 0.1) is 0 Å². The molecule has 32 heavy (non-hydrogen) atoms. The molecule has 154 valence electrons. The molecule has 0 amide bonds. The first-order valence-electron chi connectivity index (χ1n) is 10.5. The summed E-state index contributed by atoms with van der Waals surface area (Å²) in [5.74, 6) is 0.193. The first kappa shape index (κ1) is 19.6. The number of para-hydroxylation sites is 3. The van der Waals surface area contributed by atoms with Gasteiger partial charge in [0.1, 0.15) is 5.58 Å². The number of anilines is 3. The maximum absolute atomic E-state index is 12.5. The zero-order chi connectivity index (χ0) is 21.8. The molecule has 0 bridgehead atoms. The fourth-order valence-electron chi connectivity index (χ4n) is 3.69. The van der Waals surface area contributed by atoms with E-state index in [0.717, 1.165) is 33.6 Å². The van der Waals surface area contributed by atoms with Gasteiger partial charge in [-0.15, -0.1) is 0 Å². The second kappa shape index (κ2) is 8.78. The van der Waals surface area contributed by atoms with Crippen LogP contribution in [0.1, 0.15) is 16.1 Å². The Morgan fingerprint density at radius 3 is 1.84 bits per heavy atom. The number of hydrogen-bond acceptors (Lipinski definition) is 3. The van der Waals surface area contributed by atoms with Crippen molar-refractivity contribution in [1.82, 2.24) is 0 Å². The highest BCUT2D eigenvalue weighted by atomic mass is 16.3. The molecule has 0 fully saturated rings. The van der Waals surface area contributed by atoms with E-state index >= 15 is 0 Å². The lowest BCUT2D eigenvalue weighted by Crippen LogP contribution is -2.09. The standard InChI is InChI=1S/C29H21NO2/c31-27(29-21-23-9-7-8-14-28(23)32-29)20-17-22-15-18-26(19-16-22)30(24-10-3-1-4-11-24)25-12-5-2-6-13-25/h1-21H/b20-17+. The maximum Gasteiger partial charge on any atom is 0.221 e. The average Bonchev–Trinajstić information content (AvgIpc) is 3.29. The smallest absolute Gasteiger partial charge is 0.221 e. The van der Waals surface area contributed by atoms with Gasteiger partial charge in [0.15, 0.2) is 5.76 Å². The van der Waals surface area contributed by atoms with E-state index in [2.05, 4.69) is 41.3 Å². The molecule has 3 heteroatoms. The van der Waals surface area contributed by atoms with Gasteiger partial charge in [0, 0.05) is 22.4 Å². The Hall–Kier alpha value is -4.37. The Kier molecular flexibility index (Phi) is 5.38. The molecule has 4 aromatic carbocycles. The van der Waals surface area contributed by atoms with Crippen LogP contribution < -0.4 is 4.90 Å². The van der Waals surface area contributed by atoms with Crippen molar-refractivity contribution in [3.63, 3.8) is 0 Å². The minimum Gasteiger partial charge on any atom is -0.453 e. The van der Waals surface area contributed by atoms with Crippen LogP contribution >= 0.6 is 0 Å². The number of carbonyl (C=O) groups is 1. The molecule has 1 heterocycles. The summed E-state index contributed by atoms with van der Waals surface area (Å²) in [6, 6.07) is 38.1. The number of rotatable bonds is 6. The first-order valence-corrected chi connectivity index (χ1v) is 10.5. The van der Waals surface area contributed by atoms with Gasteiger partial charge in [-0.1, -0.05) is 72.8 Å². The van der Waals surface area contributed by atoms with Crippen molar-refractivity contribution >= 4 is 39.9 Å². The Morgan fingerprint density at radius 2 is 1.22 bits per heavy atom. The highest BCUT2D eigenvalue weighted by Crippen LogP contribution is 2.34. The van der Waals surface area contributed by atoms with Gasteiger partial charge in [0.25, 0.3) is 0 Å². The number of ketones is 1. The number of fused-ring (bicyclic) bond motifs is 1. The predicted octanol–water partition coefficient (Wildman–Crippen LogP) is 7.80. The third kappa shape index (κ3) is 4.09. The molecule has 5 rings (SSSR count). The second-order valence-corrected chi connectivity index (χ2v) is 7.44. The first-order chi connectivity index (χ1) is 15.8.